The first-order valence-electron chi connectivity index (χ1n) is 6.99. The summed E-state index contributed by atoms with van der Waals surface area (Å²) in [7, 11) is 2.10. The maximum atomic E-state index is 12.3. The lowest BCUT2D eigenvalue weighted by Crippen LogP contribution is -2.45. The molecule has 1 fully saturated rings. The average Bonchev–Trinajstić information content (AvgIpc) is 2.38. The zero-order valence-electron chi connectivity index (χ0n) is 12.7. The molecule has 20 heavy (non-hydrogen) atoms. The van der Waals surface area contributed by atoms with Crippen molar-refractivity contribution in [1.29, 1.82) is 0 Å². The van der Waals surface area contributed by atoms with Gasteiger partial charge in [-0.2, -0.15) is 0 Å². The minimum Gasteiger partial charge on any atom is -0.456 e. The van der Waals surface area contributed by atoms with E-state index >= 15 is 0 Å². The summed E-state index contributed by atoms with van der Waals surface area (Å²) in [5, 5.41) is 0. The summed E-state index contributed by atoms with van der Waals surface area (Å²) < 4.78 is 5.46. The summed E-state index contributed by atoms with van der Waals surface area (Å²) in [5.74, 6) is 0.425. The Morgan fingerprint density at radius 3 is 2.50 bits per heavy atom. The molecular formula is C15H23N3O2. The lowest BCUT2D eigenvalue weighted by molar-refractivity contribution is 0.00698. The first kappa shape index (κ1) is 14.8. The number of pyridine rings is 1. The molecule has 0 spiro atoms. The Labute approximate surface area is 120 Å². The second-order valence-electron chi connectivity index (χ2n) is 6.17. The van der Waals surface area contributed by atoms with Crippen molar-refractivity contribution in [2.24, 2.45) is 0 Å². The number of carbonyl (C=O) groups is 1. The quantitative estimate of drug-likeness (QED) is 0.771. The van der Waals surface area contributed by atoms with Crippen LogP contribution in [0, 0.1) is 0 Å². The predicted molar refractivity (Wildman–Crippen MR) is 79.1 cm³/mol. The van der Waals surface area contributed by atoms with E-state index in [9.17, 15) is 4.79 Å². The van der Waals surface area contributed by atoms with E-state index in [1.807, 2.05) is 20.8 Å². The number of likely N-dealkylation sites (N-methyl/N-ethyl adjacent to an activating group) is 1. The highest BCUT2D eigenvalue weighted by Gasteiger charge is 2.24. The molecule has 0 saturated carbocycles. The highest BCUT2D eigenvalue weighted by molar-refractivity contribution is 5.95. The standard InChI is InChI=1S/C15H23N3O2/c1-15(2,3)20-14(19)12-6-5-7-16-13(12)18-10-8-17(4)9-11-18/h5-7H,8-11H2,1-4H3. The fourth-order valence-corrected chi connectivity index (χ4v) is 2.16. The Kier molecular flexibility index (Phi) is 4.28. The fourth-order valence-electron chi connectivity index (χ4n) is 2.16. The van der Waals surface area contributed by atoms with Crippen molar-refractivity contribution >= 4 is 11.8 Å². The Bertz CT molecular complexity index is 474. The molecule has 1 aromatic rings. The van der Waals surface area contributed by atoms with E-state index in [0.29, 0.717) is 5.56 Å². The van der Waals surface area contributed by atoms with Gasteiger partial charge in [-0.3, -0.25) is 0 Å². The van der Waals surface area contributed by atoms with Crippen molar-refractivity contribution in [1.82, 2.24) is 9.88 Å². The molecule has 5 nitrogen and oxygen atoms in total. The molecule has 0 bridgehead atoms. The second-order valence-corrected chi connectivity index (χ2v) is 6.17. The number of anilines is 1. The molecule has 2 heterocycles. The van der Waals surface area contributed by atoms with E-state index in [1.165, 1.54) is 0 Å². The third kappa shape index (κ3) is 3.70. The predicted octanol–water partition coefficient (Wildman–Crippen LogP) is 1.79. The van der Waals surface area contributed by atoms with Crippen LogP contribution in [0.5, 0.6) is 0 Å². The smallest absolute Gasteiger partial charge is 0.342 e. The minimum absolute atomic E-state index is 0.306. The van der Waals surface area contributed by atoms with Crippen molar-refractivity contribution in [3.05, 3.63) is 23.9 Å². The van der Waals surface area contributed by atoms with Gasteiger partial charge in [0.15, 0.2) is 0 Å². The molecule has 110 valence electrons. The van der Waals surface area contributed by atoms with E-state index < -0.39 is 5.60 Å². The number of hydrogen-bond acceptors (Lipinski definition) is 5. The van der Waals surface area contributed by atoms with Gasteiger partial charge >= 0.3 is 5.97 Å². The zero-order chi connectivity index (χ0) is 14.8. The number of hydrogen-bond donors (Lipinski definition) is 0. The van der Waals surface area contributed by atoms with Crippen molar-refractivity contribution in [2.45, 2.75) is 26.4 Å². The molecule has 0 unspecified atom stereocenters. The zero-order valence-corrected chi connectivity index (χ0v) is 12.7. The van der Waals surface area contributed by atoms with Gasteiger partial charge in [0, 0.05) is 32.4 Å². The molecular weight excluding hydrogens is 254 g/mol. The summed E-state index contributed by atoms with van der Waals surface area (Å²) >= 11 is 0. The molecule has 1 aliphatic rings. The van der Waals surface area contributed by atoms with Crippen LogP contribution in [-0.2, 0) is 4.74 Å². The highest BCUT2D eigenvalue weighted by Crippen LogP contribution is 2.21. The third-order valence-electron chi connectivity index (χ3n) is 3.21. The van der Waals surface area contributed by atoms with Crippen molar-refractivity contribution < 1.29 is 9.53 Å². The summed E-state index contributed by atoms with van der Waals surface area (Å²) in [6.07, 6.45) is 1.72. The van der Waals surface area contributed by atoms with Gasteiger partial charge in [0.1, 0.15) is 17.0 Å². The number of rotatable bonds is 2. The van der Waals surface area contributed by atoms with Gasteiger partial charge in [-0.1, -0.05) is 0 Å². The first-order valence-corrected chi connectivity index (χ1v) is 6.99. The number of esters is 1. The largest absolute Gasteiger partial charge is 0.456 e. The number of ether oxygens (including phenoxy) is 1. The molecule has 1 aliphatic heterocycles. The first-order chi connectivity index (χ1) is 9.37. The van der Waals surface area contributed by atoms with Crippen LogP contribution in [0.1, 0.15) is 31.1 Å². The van der Waals surface area contributed by atoms with Crippen molar-refractivity contribution in [3.63, 3.8) is 0 Å². The number of carbonyl (C=O) groups excluding carboxylic acids is 1. The molecule has 5 heteroatoms. The van der Waals surface area contributed by atoms with Gasteiger partial charge in [-0.15, -0.1) is 0 Å². The van der Waals surface area contributed by atoms with Crippen molar-refractivity contribution in [2.75, 3.05) is 38.1 Å². The lowest BCUT2D eigenvalue weighted by Gasteiger charge is -2.34. The summed E-state index contributed by atoms with van der Waals surface area (Å²) in [6.45, 7) is 9.33. The molecule has 0 atom stereocenters. The van der Waals surface area contributed by atoms with E-state index in [1.54, 1.807) is 18.3 Å². The second kappa shape index (κ2) is 5.79. The number of piperazine rings is 1. The van der Waals surface area contributed by atoms with Crippen LogP contribution >= 0.6 is 0 Å². The fraction of sp³-hybridized carbons (Fsp3) is 0.600. The van der Waals surface area contributed by atoms with Gasteiger partial charge in [0.05, 0.1) is 0 Å². The van der Waals surface area contributed by atoms with Crippen LogP contribution < -0.4 is 4.90 Å². The normalized spacial score (nSPS) is 17.1. The van der Waals surface area contributed by atoms with Gasteiger partial charge in [0.2, 0.25) is 0 Å². The molecule has 0 amide bonds. The van der Waals surface area contributed by atoms with Crippen LogP contribution in [0.4, 0.5) is 5.82 Å². The Morgan fingerprint density at radius 2 is 1.90 bits per heavy atom. The van der Waals surface area contributed by atoms with E-state index in [-0.39, 0.29) is 5.97 Å². The van der Waals surface area contributed by atoms with Crippen LogP contribution in [-0.4, -0.2) is 54.7 Å². The number of aromatic nitrogens is 1. The summed E-state index contributed by atoms with van der Waals surface area (Å²) in [5.41, 5.74) is 0.0544. The monoisotopic (exact) mass is 277 g/mol. The van der Waals surface area contributed by atoms with Gasteiger partial charge in [-0.25, -0.2) is 9.78 Å². The maximum absolute atomic E-state index is 12.3. The molecule has 1 saturated heterocycles. The molecule has 2 rings (SSSR count). The topological polar surface area (TPSA) is 45.7 Å². The van der Waals surface area contributed by atoms with E-state index in [0.717, 1.165) is 32.0 Å². The van der Waals surface area contributed by atoms with Gasteiger partial charge < -0.3 is 14.5 Å². The molecule has 0 aliphatic carbocycles. The SMILES string of the molecule is CN1CCN(c2ncccc2C(=O)OC(C)(C)C)CC1. The molecule has 0 radical (unpaired) electrons. The third-order valence-corrected chi connectivity index (χ3v) is 3.21. The van der Waals surface area contributed by atoms with E-state index in [2.05, 4.69) is 21.8 Å². The van der Waals surface area contributed by atoms with E-state index in [4.69, 9.17) is 4.74 Å². The average molecular weight is 277 g/mol. The summed E-state index contributed by atoms with van der Waals surface area (Å²) in [6, 6.07) is 3.56. The Morgan fingerprint density at radius 1 is 1.25 bits per heavy atom. The molecule has 0 N–H and O–H groups in total. The maximum Gasteiger partial charge on any atom is 0.342 e. The minimum atomic E-state index is -0.494. The van der Waals surface area contributed by atoms with Crippen LogP contribution in [0.25, 0.3) is 0 Å². The van der Waals surface area contributed by atoms with Gasteiger partial charge in [-0.05, 0) is 40.0 Å². The lowest BCUT2D eigenvalue weighted by atomic mass is 10.1. The summed E-state index contributed by atoms with van der Waals surface area (Å²) in [4.78, 5) is 21.1. The molecule has 0 aromatic carbocycles. The van der Waals surface area contributed by atoms with Gasteiger partial charge in [0.25, 0.3) is 0 Å². The van der Waals surface area contributed by atoms with Crippen LogP contribution in [0.15, 0.2) is 18.3 Å². The van der Waals surface area contributed by atoms with Crippen LogP contribution in [0.3, 0.4) is 0 Å². The van der Waals surface area contributed by atoms with Crippen LogP contribution in [0.2, 0.25) is 0 Å². The Balaban J connectivity index is 2.20. The number of nitrogens with zero attached hydrogens (tertiary/aromatic N) is 3. The Hall–Kier alpha value is -1.62. The van der Waals surface area contributed by atoms with Crippen molar-refractivity contribution in [3.8, 4) is 0 Å². The molecule has 1 aromatic heterocycles. The highest BCUT2D eigenvalue weighted by atomic mass is 16.6.